The van der Waals surface area contributed by atoms with Crippen molar-refractivity contribution < 1.29 is 9.13 Å². The van der Waals surface area contributed by atoms with Crippen LogP contribution >= 0.6 is 0 Å². The Balaban J connectivity index is 2.12. The van der Waals surface area contributed by atoms with E-state index in [0.29, 0.717) is 13.2 Å². The van der Waals surface area contributed by atoms with Gasteiger partial charge >= 0.3 is 0 Å². The Labute approximate surface area is 108 Å². The predicted octanol–water partition coefficient (Wildman–Crippen LogP) is 2.02. The molecule has 0 spiro atoms. The SMILES string of the molecule is CCN(CC1(C)COCC1N)c1ccc(F)cc1. The quantitative estimate of drug-likeness (QED) is 0.891. The van der Waals surface area contributed by atoms with Crippen molar-refractivity contribution in [3.8, 4) is 0 Å². The maximum Gasteiger partial charge on any atom is 0.123 e. The Morgan fingerprint density at radius 2 is 2.11 bits per heavy atom. The minimum Gasteiger partial charge on any atom is -0.379 e. The molecular formula is C14H21FN2O. The third-order valence-corrected chi connectivity index (χ3v) is 3.75. The van der Waals surface area contributed by atoms with Crippen LogP contribution in [0.5, 0.6) is 0 Å². The van der Waals surface area contributed by atoms with Gasteiger partial charge in [0.05, 0.1) is 13.2 Å². The van der Waals surface area contributed by atoms with Gasteiger partial charge in [-0.1, -0.05) is 6.92 Å². The highest BCUT2D eigenvalue weighted by molar-refractivity contribution is 5.46. The molecule has 1 saturated heterocycles. The van der Waals surface area contributed by atoms with Crippen LogP contribution in [0.2, 0.25) is 0 Å². The van der Waals surface area contributed by atoms with Gasteiger partial charge in [0, 0.05) is 30.2 Å². The van der Waals surface area contributed by atoms with E-state index in [1.165, 1.54) is 12.1 Å². The van der Waals surface area contributed by atoms with E-state index in [1.54, 1.807) is 0 Å². The monoisotopic (exact) mass is 252 g/mol. The zero-order valence-corrected chi connectivity index (χ0v) is 11.0. The molecule has 0 saturated carbocycles. The third-order valence-electron chi connectivity index (χ3n) is 3.75. The van der Waals surface area contributed by atoms with Crippen molar-refractivity contribution in [1.82, 2.24) is 0 Å². The maximum absolute atomic E-state index is 12.9. The summed E-state index contributed by atoms with van der Waals surface area (Å²) in [6, 6.07) is 6.66. The fourth-order valence-corrected chi connectivity index (χ4v) is 2.36. The van der Waals surface area contributed by atoms with E-state index in [0.717, 1.165) is 18.8 Å². The largest absolute Gasteiger partial charge is 0.379 e. The predicted molar refractivity (Wildman–Crippen MR) is 71.2 cm³/mol. The Morgan fingerprint density at radius 1 is 1.44 bits per heavy atom. The van der Waals surface area contributed by atoms with Crippen LogP contribution in [-0.4, -0.2) is 32.3 Å². The molecule has 3 nitrogen and oxygen atoms in total. The number of halogens is 1. The van der Waals surface area contributed by atoms with E-state index in [4.69, 9.17) is 10.5 Å². The molecule has 2 rings (SSSR count). The zero-order valence-electron chi connectivity index (χ0n) is 11.0. The van der Waals surface area contributed by atoms with E-state index in [-0.39, 0.29) is 17.3 Å². The second-order valence-corrected chi connectivity index (χ2v) is 5.27. The standard InChI is InChI=1S/C14H21FN2O/c1-3-17(12-6-4-11(15)5-7-12)9-14(2)10-18-8-13(14)16/h4-7,13H,3,8-10,16H2,1-2H3. The molecular weight excluding hydrogens is 231 g/mol. The van der Waals surface area contributed by atoms with E-state index in [2.05, 4.69) is 18.7 Å². The minimum absolute atomic E-state index is 0.0373. The molecule has 0 amide bonds. The summed E-state index contributed by atoms with van der Waals surface area (Å²) < 4.78 is 18.4. The molecule has 1 heterocycles. The lowest BCUT2D eigenvalue weighted by molar-refractivity contribution is 0.161. The van der Waals surface area contributed by atoms with Crippen LogP contribution in [0.25, 0.3) is 0 Å². The molecule has 2 N–H and O–H groups in total. The van der Waals surface area contributed by atoms with Gasteiger partial charge in [-0.05, 0) is 31.2 Å². The first-order chi connectivity index (χ1) is 8.55. The van der Waals surface area contributed by atoms with E-state index < -0.39 is 0 Å². The number of benzene rings is 1. The van der Waals surface area contributed by atoms with Crippen LogP contribution in [0, 0.1) is 11.2 Å². The molecule has 18 heavy (non-hydrogen) atoms. The summed E-state index contributed by atoms with van der Waals surface area (Å²) >= 11 is 0. The summed E-state index contributed by atoms with van der Waals surface area (Å²) in [6.07, 6.45) is 0. The lowest BCUT2D eigenvalue weighted by Crippen LogP contribution is -2.47. The second-order valence-electron chi connectivity index (χ2n) is 5.27. The van der Waals surface area contributed by atoms with Crippen LogP contribution in [0.3, 0.4) is 0 Å². The minimum atomic E-state index is -0.207. The average molecular weight is 252 g/mol. The van der Waals surface area contributed by atoms with Crippen molar-refractivity contribution in [1.29, 1.82) is 0 Å². The van der Waals surface area contributed by atoms with Gasteiger partial charge in [0.15, 0.2) is 0 Å². The number of nitrogens with zero attached hydrogens (tertiary/aromatic N) is 1. The summed E-state index contributed by atoms with van der Waals surface area (Å²) in [6.45, 7) is 7.25. The maximum atomic E-state index is 12.9. The second kappa shape index (κ2) is 5.24. The van der Waals surface area contributed by atoms with Crippen LogP contribution in [-0.2, 0) is 4.74 Å². The van der Waals surface area contributed by atoms with Gasteiger partial charge in [0.2, 0.25) is 0 Å². The van der Waals surface area contributed by atoms with E-state index >= 15 is 0 Å². The fourth-order valence-electron chi connectivity index (χ4n) is 2.36. The normalized spacial score (nSPS) is 27.4. The summed E-state index contributed by atoms with van der Waals surface area (Å²) in [5, 5.41) is 0. The number of anilines is 1. The van der Waals surface area contributed by atoms with Gasteiger partial charge in [0.1, 0.15) is 5.82 Å². The van der Waals surface area contributed by atoms with E-state index in [9.17, 15) is 4.39 Å². The summed E-state index contributed by atoms with van der Waals surface area (Å²) in [5.41, 5.74) is 7.10. The topological polar surface area (TPSA) is 38.5 Å². The molecule has 4 heteroatoms. The molecule has 2 unspecified atom stereocenters. The lowest BCUT2D eigenvalue weighted by Gasteiger charge is -2.35. The van der Waals surface area contributed by atoms with E-state index in [1.807, 2.05) is 12.1 Å². The summed E-state index contributed by atoms with van der Waals surface area (Å²) in [5.74, 6) is -0.207. The highest BCUT2D eigenvalue weighted by Crippen LogP contribution is 2.30. The number of rotatable bonds is 4. The van der Waals surface area contributed by atoms with Crippen molar-refractivity contribution in [2.75, 3.05) is 31.2 Å². The molecule has 1 aromatic rings. The Bertz CT molecular complexity index is 395. The van der Waals surface area contributed by atoms with Crippen molar-refractivity contribution in [2.45, 2.75) is 19.9 Å². The Morgan fingerprint density at radius 3 is 2.61 bits per heavy atom. The number of hydrogen-bond acceptors (Lipinski definition) is 3. The van der Waals surface area contributed by atoms with Crippen LogP contribution in [0.4, 0.5) is 10.1 Å². The van der Waals surface area contributed by atoms with Crippen LogP contribution < -0.4 is 10.6 Å². The van der Waals surface area contributed by atoms with Crippen molar-refractivity contribution in [3.63, 3.8) is 0 Å². The molecule has 1 aliphatic heterocycles. The van der Waals surface area contributed by atoms with Crippen molar-refractivity contribution in [3.05, 3.63) is 30.1 Å². The number of ether oxygens (including phenoxy) is 1. The van der Waals surface area contributed by atoms with Crippen molar-refractivity contribution in [2.24, 2.45) is 11.1 Å². The summed E-state index contributed by atoms with van der Waals surface area (Å²) in [4.78, 5) is 2.22. The molecule has 0 aromatic heterocycles. The number of hydrogen-bond donors (Lipinski definition) is 1. The van der Waals surface area contributed by atoms with Gasteiger partial charge in [0.25, 0.3) is 0 Å². The third kappa shape index (κ3) is 2.65. The highest BCUT2D eigenvalue weighted by atomic mass is 19.1. The van der Waals surface area contributed by atoms with Crippen LogP contribution in [0.1, 0.15) is 13.8 Å². The molecule has 2 atom stereocenters. The molecule has 0 radical (unpaired) electrons. The van der Waals surface area contributed by atoms with Gasteiger partial charge in [-0.25, -0.2) is 4.39 Å². The van der Waals surface area contributed by atoms with Crippen molar-refractivity contribution >= 4 is 5.69 Å². The van der Waals surface area contributed by atoms with Gasteiger partial charge < -0.3 is 15.4 Å². The molecule has 0 bridgehead atoms. The Kier molecular flexibility index (Phi) is 3.88. The average Bonchev–Trinajstić information content (AvgIpc) is 2.68. The number of nitrogens with two attached hydrogens (primary N) is 1. The first-order valence-corrected chi connectivity index (χ1v) is 6.39. The molecule has 1 aromatic carbocycles. The Hall–Kier alpha value is -1.13. The summed E-state index contributed by atoms with van der Waals surface area (Å²) in [7, 11) is 0. The fraction of sp³-hybridized carbons (Fsp3) is 0.571. The first-order valence-electron chi connectivity index (χ1n) is 6.39. The molecule has 1 aliphatic rings. The molecule has 100 valence electrons. The van der Waals surface area contributed by atoms with Crippen LogP contribution in [0.15, 0.2) is 24.3 Å². The van der Waals surface area contributed by atoms with Gasteiger partial charge in [-0.15, -0.1) is 0 Å². The smallest absolute Gasteiger partial charge is 0.123 e. The molecule has 0 aliphatic carbocycles. The molecule has 1 fully saturated rings. The highest BCUT2D eigenvalue weighted by Gasteiger charge is 2.38. The first kappa shape index (κ1) is 13.3. The van der Waals surface area contributed by atoms with Gasteiger partial charge in [-0.2, -0.15) is 0 Å². The van der Waals surface area contributed by atoms with Gasteiger partial charge in [-0.3, -0.25) is 0 Å². The lowest BCUT2D eigenvalue weighted by atomic mass is 9.85. The zero-order chi connectivity index (χ0) is 13.2.